The molecule has 0 aromatic heterocycles. The molecule has 0 radical (unpaired) electrons. The van der Waals surface area contributed by atoms with Gasteiger partial charge in [0.15, 0.2) is 6.29 Å². The lowest BCUT2D eigenvalue weighted by Crippen LogP contribution is -2.06. The van der Waals surface area contributed by atoms with Crippen molar-refractivity contribution in [3.8, 4) is 17.6 Å². The van der Waals surface area contributed by atoms with Crippen LogP contribution in [-0.4, -0.2) is 6.29 Å². The normalized spacial score (nSPS) is 10.8. The third-order valence-electron chi connectivity index (χ3n) is 4.19. The third-order valence-corrected chi connectivity index (χ3v) is 4.19. The number of benzene rings is 3. The monoisotopic (exact) mass is 394 g/mol. The van der Waals surface area contributed by atoms with E-state index >= 15 is 0 Å². The highest BCUT2D eigenvalue weighted by molar-refractivity contribution is 5.79. The van der Waals surface area contributed by atoms with Gasteiger partial charge in [0.2, 0.25) is 0 Å². The van der Waals surface area contributed by atoms with Gasteiger partial charge in [-0.15, -0.1) is 0 Å². The summed E-state index contributed by atoms with van der Waals surface area (Å²) in [5.41, 5.74) is 2.53. The fraction of sp³-hybridized carbons (Fsp3) is 0.125. The predicted molar refractivity (Wildman–Crippen MR) is 105 cm³/mol. The predicted octanol–water partition coefficient (Wildman–Crippen LogP) is 5.81. The van der Waals surface area contributed by atoms with Gasteiger partial charge in [-0.05, 0) is 55.0 Å². The summed E-state index contributed by atoms with van der Waals surface area (Å²) in [7, 11) is 0. The molecular weight excluding hydrogens is 377 g/mol. The summed E-state index contributed by atoms with van der Waals surface area (Å²) in [4.78, 5) is 11.3. The average Bonchev–Trinajstić information content (AvgIpc) is 2.71. The molecule has 3 rings (SSSR count). The van der Waals surface area contributed by atoms with Crippen LogP contribution < -0.4 is 4.74 Å². The number of carbonyl (C=O) groups is 1. The van der Waals surface area contributed by atoms with E-state index in [-0.39, 0.29) is 12.4 Å². The first kappa shape index (κ1) is 20.2. The van der Waals surface area contributed by atoms with Crippen LogP contribution in [0.4, 0.5) is 13.2 Å². The number of halogens is 3. The van der Waals surface area contributed by atoms with Gasteiger partial charge >= 0.3 is 6.18 Å². The number of aldehydes is 1. The lowest BCUT2D eigenvalue weighted by molar-refractivity contribution is -0.137. The van der Waals surface area contributed by atoms with Crippen LogP contribution in [-0.2, 0) is 12.8 Å². The van der Waals surface area contributed by atoms with Crippen molar-refractivity contribution in [2.75, 3.05) is 0 Å². The molecule has 3 aromatic carbocycles. The first-order chi connectivity index (χ1) is 13.8. The van der Waals surface area contributed by atoms with Crippen LogP contribution in [0.3, 0.4) is 0 Å². The molecule has 0 aliphatic carbocycles. The molecule has 0 fully saturated rings. The van der Waals surface area contributed by atoms with E-state index in [1.54, 1.807) is 18.2 Å². The number of hydrogen-bond donors (Lipinski definition) is 0. The van der Waals surface area contributed by atoms with Crippen LogP contribution in [0.25, 0.3) is 0 Å². The number of carbonyl (C=O) groups excluding carboxylic acids is 1. The second kappa shape index (κ2) is 8.66. The maximum absolute atomic E-state index is 12.8. The zero-order chi connectivity index (χ0) is 20.9. The second-order valence-electron chi connectivity index (χ2n) is 6.47. The lowest BCUT2D eigenvalue weighted by Gasteiger charge is -2.11. The van der Waals surface area contributed by atoms with Crippen LogP contribution >= 0.6 is 0 Å². The second-order valence-corrected chi connectivity index (χ2v) is 6.47. The van der Waals surface area contributed by atoms with Crippen LogP contribution in [0.1, 0.15) is 38.2 Å². The van der Waals surface area contributed by atoms with E-state index in [1.807, 2.05) is 31.2 Å². The van der Waals surface area contributed by atoms with Gasteiger partial charge in [0.05, 0.1) is 11.1 Å². The minimum absolute atomic E-state index is 0.0976. The molecule has 0 bridgehead atoms. The Morgan fingerprint density at radius 1 is 0.931 bits per heavy atom. The van der Waals surface area contributed by atoms with E-state index in [1.165, 1.54) is 12.1 Å². The van der Waals surface area contributed by atoms with Crippen molar-refractivity contribution < 1.29 is 22.7 Å². The van der Waals surface area contributed by atoms with Crippen LogP contribution in [0.2, 0.25) is 0 Å². The highest BCUT2D eigenvalue weighted by Gasteiger charge is 2.30. The molecular formula is C24H17F3O2. The lowest BCUT2D eigenvalue weighted by atomic mass is 10.1. The van der Waals surface area contributed by atoms with Gasteiger partial charge in [0, 0.05) is 11.1 Å². The Kier molecular flexibility index (Phi) is 6.04. The van der Waals surface area contributed by atoms with Crippen LogP contribution in [0.15, 0.2) is 66.7 Å². The molecule has 146 valence electrons. The quantitative estimate of drug-likeness (QED) is 0.413. The number of hydrogen-bond acceptors (Lipinski definition) is 2. The smallest absolute Gasteiger partial charge is 0.416 e. The Hall–Kier alpha value is -3.52. The van der Waals surface area contributed by atoms with Gasteiger partial charge in [-0.2, -0.15) is 13.2 Å². The Labute approximate surface area is 167 Å². The maximum atomic E-state index is 12.8. The number of ether oxygens (including phenoxy) is 1. The van der Waals surface area contributed by atoms with Gasteiger partial charge in [-0.3, -0.25) is 4.79 Å². The molecule has 0 aliphatic heterocycles. The third kappa shape index (κ3) is 5.49. The molecule has 0 saturated carbocycles. The number of rotatable bonds is 4. The molecule has 0 saturated heterocycles. The summed E-state index contributed by atoms with van der Waals surface area (Å²) in [6.45, 7) is 1.89. The first-order valence-electron chi connectivity index (χ1n) is 8.82. The maximum Gasteiger partial charge on any atom is 0.416 e. The van der Waals surface area contributed by atoms with Crippen LogP contribution in [0, 0.1) is 18.8 Å². The van der Waals surface area contributed by atoms with Gasteiger partial charge in [-0.1, -0.05) is 41.7 Å². The topological polar surface area (TPSA) is 26.3 Å². The van der Waals surface area contributed by atoms with E-state index < -0.39 is 11.7 Å². The van der Waals surface area contributed by atoms with E-state index in [0.717, 1.165) is 23.3 Å². The molecule has 0 unspecified atom stereocenters. The molecule has 0 aliphatic rings. The number of alkyl halides is 3. The largest absolute Gasteiger partial charge is 0.488 e. The molecule has 0 spiro atoms. The van der Waals surface area contributed by atoms with Crippen molar-refractivity contribution in [2.45, 2.75) is 19.7 Å². The van der Waals surface area contributed by atoms with Gasteiger partial charge in [0.1, 0.15) is 12.4 Å². The van der Waals surface area contributed by atoms with Gasteiger partial charge in [0.25, 0.3) is 0 Å². The zero-order valence-electron chi connectivity index (χ0n) is 15.6. The Bertz CT molecular complexity index is 1070. The Balaban J connectivity index is 1.80. The molecule has 0 heterocycles. The van der Waals surface area contributed by atoms with Crippen molar-refractivity contribution >= 4 is 6.29 Å². The fourth-order valence-corrected chi connectivity index (χ4v) is 2.61. The summed E-state index contributed by atoms with van der Waals surface area (Å²) in [5.74, 6) is 6.31. The first-order valence-corrected chi connectivity index (χ1v) is 8.82. The highest BCUT2D eigenvalue weighted by atomic mass is 19.4. The summed E-state index contributed by atoms with van der Waals surface area (Å²) in [6.07, 6.45) is -3.78. The van der Waals surface area contributed by atoms with Crippen LogP contribution in [0.5, 0.6) is 5.75 Å². The van der Waals surface area contributed by atoms with Crippen molar-refractivity contribution in [2.24, 2.45) is 0 Å². The van der Waals surface area contributed by atoms with E-state index in [9.17, 15) is 18.0 Å². The summed E-state index contributed by atoms with van der Waals surface area (Å²) in [5, 5.41) is 0. The molecule has 3 aromatic rings. The van der Waals surface area contributed by atoms with E-state index in [0.29, 0.717) is 23.0 Å². The summed E-state index contributed by atoms with van der Waals surface area (Å²) in [6, 6.07) is 17.5. The van der Waals surface area contributed by atoms with E-state index in [4.69, 9.17) is 4.74 Å². The minimum atomic E-state index is -4.42. The Morgan fingerprint density at radius 3 is 2.31 bits per heavy atom. The van der Waals surface area contributed by atoms with Gasteiger partial charge < -0.3 is 4.74 Å². The van der Waals surface area contributed by atoms with Gasteiger partial charge in [-0.25, -0.2) is 0 Å². The average molecular weight is 394 g/mol. The molecule has 0 N–H and O–H groups in total. The van der Waals surface area contributed by atoms with Crippen molar-refractivity contribution in [3.05, 3.63) is 100 Å². The zero-order valence-corrected chi connectivity index (χ0v) is 15.6. The fourth-order valence-electron chi connectivity index (χ4n) is 2.61. The number of aryl methyl sites for hydroxylation is 1. The molecule has 2 nitrogen and oxygen atoms in total. The molecule has 5 heteroatoms. The minimum Gasteiger partial charge on any atom is -0.488 e. The molecule has 0 amide bonds. The SMILES string of the molecule is Cc1ccc(C#Cc2ccc(C=O)c(OCc3cccc(C(F)(F)F)c3)c2)cc1. The molecule has 0 atom stereocenters. The molecule has 29 heavy (non-hydrogen) atoms. The van der Waals surface area contributed by atoms with Crippen molar-refractivity contribution in [1.82, 2.24) is 0 Å². The summed E-state index contributed by atoms with van der Waals surface area (Å²) >= 11 is 0. The Morgan fingerprint density at radius 2 is 1.62 bits per heavy atom. The highest BCUT2D eigenvalue weighted by Crippen LogP contribution is 2.30. The standard InChI is InChI=1S/C24H17F3O2/c1-17-5-7-18(8-6-17)9-10-19-11-12-21(15-28)23(14-19)29-16-20-3-2-4-22(13-20)24(25,26)27/h2-8,11-15H,16H2,1H3. The van der Waals surface area contributed by atoms with Crippen molar-refractivity contribution in [1.29, 1.82) is 0 Å². The van der Waals surface area contributed by atoms with E-state index in [2.05, 4.69) is 11.8 Å². The van der Waals surface area contributed by atoms with Crippen molar-refractivity contribution in [3.63, 3.8) is 0 Å². The summed E-state index contributed by atoms with van der Waals surface area (Å²) < 4.78 is 44.2.